The summed E-state index contributed by atoms with van der Waals surface area (Å²) in [6.07, 6.45) is 0. The van der Waals surface area contributed by atoms with Crippen LogP contribution < -0.4 is 14.5 Å². The van der Waals surface area contributed by atoms with Crippen molar-refractivity contribution in [1.29, 1.82) is 0 Å². The van der Waals surface area contributed by atoms with E-state index in [9.17, 15) is 14.0 Å². The van der Waals surface area contributed by atoms with Crippen LogP contribution in [0.3, 0.4) is 0 Å². The molecule has 9 heteroatoms. The van der Waals surface area contributed by atoms with E-state index in [0.717, 1.165) is 17.0 Å². The smallest absolute Gasteiger partial charge is 0.337 e. The minimum absolute atomic E-state index is 0.0627. The van der Waals surface area contributed by atoms with E-state index in [0.29, 0.717) is 37.4 Å². The molecule has 4 rings (SSSR count). The van der Waals surface area contributed by atoms with Gasteiger partial charge in [-0.15, -0.1) is 0 Å². The van der Waals surface area contributed by atoms with Crippen molar-refractivity contribution in [2.45, 2.75) is 6.54 Å². The van der Waals surface area contributed by atoms with E-state index in [4.69, 9.17) is 21.1 Å². The van der Waals surface area contributed by atoms with Crippen molar-refractivity contribution in [1.82, 2.24) is 4.90 Å². The fraction of sp³-hybridized carbons (Fsp3) is 0.259. The molecule has 36 heavy (non-hydrogen) atoms. The number of rotatable bonds is 6. The molecular formula is C27H27ClFN3O4. The fourth-order valence-electron chi connectivity index (χ4n) is 4.17. The molecule has 1 saturated heterocycles. The van der Waals surface area contributed by atoms with Crippen LogP contribution in [-0.2, 0) is 11.3 Å². The van der Waals surface area contributed by atoms with Crippen LogP contribution in [-0.4, -0.2) is 57.3 Å². The monoisotopic (exact) mass is 511 g/mol. The Morgan fingerprint density at radius 1 is 0.972 bits per heavy atom. The predicted octanol–water partition coefficient (Wildman–Crippen LogP) is 5.22. The number of esters is 1. The van der Waals surface area contributed by atoms with Crippen LogP contribution in [0.5, 0.6) is 5.75 Å². The number of hydrogen-bond donors (Lipinski definition) is 0. The van der Waals surface area contributed by atoms with Gasteiger partial charge in [-0.2, -0.15) is 0 Å². The largest absolute Gasteiger partial charge is 0.495 e. The maximum atomic E-state index is 13.9. The molecule has 188 valence electrons. The van der Waals surface area contributed by atoms with Crippen LogP contribution in [0.25, 0.3) is 0 Å². The number of benzene rings is 3. The summed E-state index contributed by atoms with van der Waals surface area (Å²) in [6, 6.07) is 18.6. The van der Waals surface area contributed by atoms with Crippen molar-refractivity contribution in [2.24, 2.45) is 0 Å². The van der Waals surface area contributed by atoms with Gasteiger partial charge in [0.2, 0.25) is 0 Å². The van der Waals surface area contributed by atoms with Gasteiger partial charge in [-0.1, -0.05) is 35.9 Å². The summed E-state index contributed by atoms with van der Waals surface area (Å²) < 4.78 is 24.1. The Bertz CT molecular complexity index is 1230. The Labute approximate surface area is 214 Å². The first-order valence-electron chi connectivity index (χ1n) is 11.5. The molecule has 1 aliphatic heterocycles. The molecule has 0 unspecified atom stereocenters. The zero-order chi connectivity index (χ0) is 25.7. The van der Waals surface area contributed by atoms with Gasteiger partial charge in [-0.3, -0.25) is 4.90 Å². The highest BCUT2D eigenvalue weighted by atomic mass is 35.5. The Kier molecular flexibility index (Phi) is 7.95. The summed E-state index contributed by atoms with van der Waals surface area (Å²) in [4.78, 5) is 31.0. The third kappa shape index (κ3) is 5.54. The number of halogens is 2. The molecule has 0 radical (unpaired) electrons. The summed E-state index contributed by atoms with van der Waals surface area (Å²) in [6.45, 7) is 2.50. The van der Waals surface area contributed by atoms with Crippen molar-refractivity contribution in [3.05, 3.63) is 88.7 Å². The Morgan fingerprint density at radius 2 is 1.67 bits per heavy atom. The summed E-state index contributed by atoms with van der Waals surface area (Å²) in [7, 11) is 2.96. The molecule has 0 aliphatic carbocycles. The minimum atomic E-state index is -0.555. The predicted molar refractivity (Wildman–Crippen MR) is 138 cm³/mol. The Morgan fingerprint density at radius 3 is 2.31 bits per heavy atom. The Balaban J connectivity index is 1.54. The fourth-order valence-corrected chi connectivity index (χ4v) is 4.34. The molecule has 0 N–H and O–H groups in total. The lowest BCUT2D eigenvalue weighted by Crippen LogP contribution is -2.53. The number of ether oxygens (including phenoxy) is 2. The number of para-hydroxylation sites is 2. The van der Waals surface area contributed by atoms with Crippen LogP contribution in [0.15, 0.2) is 66.7 Å². The number of urea groups is 1. The number of carbonyl (C=O) groups is 2. The molecule has 0 aromatic heterocycles. The van der Waals surface area contributed by atoms with Crippen LogP contribution in [0, 0.1) is 5.82 Å². The van der Waals surface area contributed by atoms with Gasteiger partial charge in [0, 0.05) is 31.9 Å². The molecule has 3 aromatic carbocycles. The van der Waals surface area contributed by atoms with E-state index in [1.54, 1.807) is 41.2 Å². The topological polar surface area (TPSA) is 62.3 Å². The second kappa shape index (κ2) is 11.3. The highest BCUT2D eigenvalue weighted by Crippen LogP contribution is 2.29. The standard InChI is InChI=1S/C27H27ClFN3O4/c1-35-25-6-4-3-5-24(25)30-13-15-31(16-14-30)27(34)32(21-11-12-23(29)22(28)17-21)18-19-7-9-20(10-8-19)26(33)36-2/h3-12,17H,13-16,18H2,1-2H3. The lowest BCUT2D eigenvalue weighted by molar-refractivity contribution is 0.0600. The van der Waals surface area contributed by atoms with Crippen molar-refractivity contribution < 1.29 is 23.5 Å². The average molecular weight is 512 g/mol. The zero-order valence-electron chi connectivity index (χ0n) is 20.1. The van der Waals surface area contributed by atoms with Crippen LogP contribution in [0.4, 0.5) is 20.6 Å². The molecule has 2 amide bonds. The number of nitrogens with zero attached hydrogens (tertiary/aromatic N) is 3. The summed E-state index contributed by atoms with van der Waals surface area (Å²) in [5.41, 5.74) is 2.68. The first kappa shape index (κ1) is 25.3. The first-order chi connectivity index (χ1) is 17.4. The maximum absolute atomic E-state index is 13.9. The van der Waals surface area contributed by atoms with Gasteiger partial charge in [0.1, 0.15) is 11.6 Å². The van der Waals surface area contributed by atoms with Crippen molar-refractivity contribution >= 4 is 35.0 Å². The average Bonchev–Trinajstić information content (AvgIpc) is 2.93. The molecule has 1 aliphatic rings. The van der Waals surface area contributed by atoms with Gasteiger partial charge in [0.15, 0.2) is 0 Å². The molecule has 1 heterocycles. The number of piperazine rings is 1. The first-order valence-corrected chi connectivity index (χ1v) is 11.9. The van der Waals surface area contributed by atoms with Gasteiger partial charge in [-0.05, 0) is 48.0 Å². The van der Waals surface area contributed by atoms with E-state index in [1.807, 2.05) is 24.3 Å². The third-order valence-electron chi connectivity index (χ3n) is 6.14. The molecule has 0 saturated carbocycles. The van der Waals surface area contributed by atoms with Gasteiger partial charge in [0.25, 0.3) is 0 Å². The van der Waals surface area contributed by atoms with Crippen LogP contribution >= 0.6 is 11.6 Å². The second-order valence-corrected chi connectivity index (χ2v) is 8.71. The van der Waals surface area contributed by atoms with Crippen LogP contribution in [0.1, 0.15) is 15.9 Å². The Hall–Kier alpha value is -3.78. The number of amides is 2. The number of anilines is 2. The lowest BCUT2D eigenvalue weighted by Gasteiger charge is -2.39. The van der Waals surface area contributed by atoms with E-state index in [2.05, 4.69) is 4.90 Å². The zero-order valence-corrected chi connectivity index (χ0v) is 20.9. The van der Waals surface area contributed by atoms with Gasteiger partial charge >= 0.3 is 12.0 Å². The molecule has 0 bridgehead atoms. The van der Waals surface area contributed by atoms with Gasteiger partial charge < -0.3 is 19.3 Å². The van der Waals surface area contributed by atoms with E-state index in [1.165, 1.54) is 25.3 Å². The van der Waals surface area contributed by atoms with Gasteiger partial charge in [-0.25, -0.2) is 14.0 Å². The van der Waals surface area contributed by atoms with Crippen molar-refractivity contribution in [2.75, 3.05) is 50.2 Å². The lowest BCUT2D eigenvalue weighted by atomic mass is 10.1. The highest BCUT2D eigenvalue weighted by Gasteiger charge is 2.28. The SMILES string of the molecule is COC(=O)c1ccc(CN(C(=O)N2CCN(c3ccccc3OC)CC2)c2ccc(F)c(Cl)c2)cc1. The van der Waals surface area contributed by atoms with Crippen molar-refractivity contribution in [3.63, 3.8) is 0 Å². The van der Waals surface area contributed by atoms with E-state index >= 15 is 0 Å². The minimum Gasteiger partial charge on any atom is -0.495 e. The van der Waals surface area contributed by atoms with Gasteiger partial charge in [0.05, 0.1) is 37.0 Å². The third-order valence-corrected chi connectivity index (χ3v) is 6.43. The molecule has 0 atom stereocenters. The molecule has 3 aromatic rings. The highest BCUT2D eigenvalue weighted by molar-refractivity contribution is 6.31. The number of methoxy groups -OCH3 is 2. The molecule has 0 spiro atoms. The summed E-state index contributed by atoms with van der Waals surface area (Å²) in [5.74, 6) is -0.205. The second-order valence-electron chi connectivity index (χ2n) is 8.30. The van der Waals surface area contributed by atoms with Crippen LogP contribution in [0.2, 0.25) is 5.02 Å². The van der Waals surface area contributed by atoms with Crippen molar-refractivity contribution in [3.8, 4) is 5.75 Å². The quantitative estimate of drug-likeness (QED) is 0.424. The normalized spacial score (nSPS) is 13.3. The van der Waals surface area contributed by atoms with E-state index < -0.39 is 11.8 Å². The summed E-state index contributed by atoms with van der Waals surface area (Å²) in [5, 5.41) is -0.0627. The number of carbonyl (C=O) groups excluding carboxylic acids is 2. The molecule has 1 fully saturated rings. The molecular weight excluding hydrogens is 485 g/mol. The number of hydrogen-bond acceptors (Lipinski definition) is 5. The summed E-state index contributed by atoms with van der Waals surface area (Å²) >= 11 is 6.04. The van der Waals surface area contributed by atoms with E-state index in [-0.39, 0.29) is 17.6 Å². The maximum Gasteiger partial charge on any atom is 0.337 e. The molecule has 7 nitrogen and oxygen atoms in total.